The maximum atomic E-state index is 11.7. The Labute approximate surface area is 93.4 Å². The molecule has 3 N–H and O–H groups in total. The highest BCUT2D eigenvalue weighted by atomic mass is 19.4. The van der Waals surface area contributed by atoms with Gasteiger partial charge >= 0.3 is 18.1 Å². The highest BCUT2D eigenvalue weighted by molar-refractivity contribution is 5.86. The molecule has 0 aromatic rings. The predicted octanol–water partition coefficient (Wildman–Crippen LogP) is 0.373. The van der Waals surface area contributed by atoms with Gasteiger partial charge in [-0.25, -0.2) is 4.79 Å². The topological polar surface area (TPSA) is 104 Å². The van der Waals surface area contributed by atoms with Gasteiger partial charge in [0.15, 0.2) is 0 Å². The van der Waals surface area contributed by atoms with Crippen LogP contribution in [-0.4, -0.2) is 40.3 Å². The molecular formula is C8H10F3NO5. The minimum atomic E-state index is -4.52. The van der Waals surface area contributed by atoms with Crippen molar-refractivity contribution < 1.29 is 37.8 Å². The van der Waals surface area contributed by atoms with Crippen LogP contribution in [0.3, 0.4) is 0 Å². The number of aliphatic carboxylic acids is 2. The highest BCUT2D eigenvalue weighted by Gasteiger charge is 2.29. The van der Waals surface area contributed by atoms with E-state index in [0.29, 0.717) is 0 Å². The molecule has 0 radical (unpaired) electrons. The van der Waals surface area contributed by atoms with Gasteiger partial charge in [-0.15, -0.1) is 0 Å². The molecule has 1 amide bonds. The highest BCUT2D eigenvalue weighted by Crippen LogP contribution is 2.21. The number of amides is 1. The molecule has 0 saturated heterocycles. The molecule has 0 aromatic heterocycles. The number of rotatable bonds is 6. The molecule has 0 aromatic carbocycles. The van der Waals surface area contributed by atoms with E-state index in [2.05, 4.69) is 0 Å². The number of alkyl halides is 3. The number of hydrogen-bond acceptors (Lipinski definition) is 3. The molecule has 0 unspecified atom stereocenters. The molecule has 1 atom stereocenters. The Balaban J connectivity index is 4.22. The van der Waals surface area contributed by atoms with E-state index in [-0.39, 0.29) is 0 Å². The second-order valence-corrected chi connectivity index (χ2v) is 3.17. The fourth-order valence-electron chi connectivity index (χ4n) is 0.896. The van der Waals surface area contributed by atoms with Gasteiger partial charge in [0.05, 0.1) is 12.8 Å². The first kappa shape index (κ1) is 15.2. The Hall–Kier alpha value is -1.80. The maximum Gasteiger partial charge on any atom is 0.389 e. The molecule has 0 aliphatic carbocycles. The van der Waals surface area contributed by atoms with Crippen molar-refractivity contribution in [3.63, 3.8) is 0 Å². The average Bonchev–Trinajstić information content (AvgIpc) is 2.11. The third-order valence-electron chi connectivity index (χ3n) is 1.65. The minimum absolute atomic E-state index is 0.896. The summed E-state index contributed by atoms with van der Waals surface area (Å²) in [5.74, 6) is -4.25. The van der Waals surface area contributed by atoms with Crippen LogP contribution in [-0.2, 0) is 14.4 Å². The molecule has 0 aliphatic rings. The van der Waals surface area contributed by atoms with E-state index in [1.165, 1.54) is 0 Å². The zero-order chi connectivity index (χ0) is 13.6. The smallest absolute Gasteiger partial charge is 0.389 e. The molecule has 6 nitrogen and oxygen atoms in total. The third-order valence-corrected chi connectivity index (χ3v) is 1.65. The van der Waals surface area contributed by atoms with Crippen molar-refractivity contribution in [2.45, 2.75) is 31.5 Å². The standard InChI is InChI=1S/C8H10F3NO5/c9-8(10,11)2-1-5(13)12-4(7(16)17)3-6(14)15/h4H,1-3H2,(H,12,13)(H,14,15)(H,16,17)/t4-/m1/s1. The molecule has 0 spiro atoms. The third kappa shape index (κ3) is 8.05. The van der Waals surface area contributed by atoms with Crippen LogP contribution in [0.1, 0.15) is 19.3 Å². The lowest BCUT2D eigenvalue weighted by atomic mass is 10.2. The number of nitrogens with one attached hydrogen (secondary N) is 1. The van der Waals surface area contributed by atoms with Crippen LogP contribution < -0.4 is 5.32 Å². The summed E-state index contributed by atoms with van der Waals surface area (Å²) >= 11 is 0. The van der Waals surface area contributed by atoms with Crippen molar-refractivity contribution in [3.8, 4) is 0 Å². The molecule has 0 fully saturated rings. The Bertz CT molecular complexity index is 315. The monoisotopic (exact) mass is 257 g/mol. The summed E-state index contributed by atoms with van der Waals surface area (Å²) < 4.78 is 35.2. The van der Waals surface area contributed by atoms with Crippen LogP contribution in [0.4, 0.5) is 13.2 Å². The van der Waals surface area contributed by atoms with E-state index < -0.39 is 49.3 Å². The fraction of sp³-hybridized carbons (Fsp3) is 0.625. The quantitative estimate of drug-likeness (QED) is 0.637. The van der Waals surface area contributed by atoms with Gasteiger partial charge in [-0.2, -0.15) is 13.2 Å². The number of carbonyl (C=O) groups is 3. The van der Waals surface area contributed by atoms with E-state index in [9.17, 15) is 27.6 Å². The minimum Gasteiger partial charge on any atom is -0.481 e. The second kappa shape index (κ2) is 6.06. The van der Waals surface area contributed by atoms with Crippen LogP contribution in [0.5, 0.6) is 0 Å². The van der Waals surface area contributed by atoms with Gasteiger partial charge in [0.2, 0.25) is 5.91 Å². The molecule has 98 valence electrons. The zero-order valence-electron chi connectivity index (χ0n) is 8.45. The molecule has 0 heterocycles. The maximum absolute atomic E-state index is 11.7. The van der Waals surface area contributed by atoms with Gasteiger partial charge in [-0.05, 0) is 0 Å². The lowest BCUT2D eigenvalue weighted by Gasteiger charge is -2.12. The SMILES string of the molecule is O=C(O)C[C@@H](NC(=O)CCC(F)(F)F)C(=O)O. The summed E-state index contributed by atoms with van der Waals surface area (Å²) in [7, 11) is 0. The van der Waals surface area contributed by atoms with Crippen molar-refractivity contribution in [2.24, 2.45) is 0 Å². The largest absolute Gasteiger partial charge is 0.481 e. The van der Waals surface area contributed by atoms with Crippen molar-refractivity contribution >= 4 is 17.8 Å². The van der Waals surface area contributed by atoms with Crippen molar-refractivity contribution in [1.82, 2.24) is 5.32 Å². The van der Waals surface area contributed by atoms with Crippen LogP contribution in [0.15, 0.2) is 0 Å². The second-order valence-electron chi connectivity index (χ2n) is 3.17. The Morgan fingerprint density at radius 3 is 2.06 bits per heavy atom. The summed E-state index contributed by atoms with van der Waals surface area (Å²) in [6, 6.07) is -1.73. The van der Waals surface area contributed by atoms with Gasteiger partial charge in [0, 0.05) is 6.42 Å². The Morgan fingerprint density at radius 2 is 1.71 bits per heavy atom. The summed E-state index contributed by atoms with van der Waals surface area (Å²) in [5, 5.41) is 18.5. The van der Waals surface area contributed by atoms with Crippen LogP contribution >= 0.6 is 0 Å². The normalized spacial score (nSPS) is 12.9. The molecule has 0 bridgehead atoms. The first-order valence-electron chi connectivity index (χ1n) is 4.42. The molecule has 0 saturated carbocycles. The van der Waals surface area contributed by atoms with Crippen LogP contribution in [0, 0.1) is 0 Å². The number of halogens is 3. The van der Waals surface area contributed by atoms with Gasteiger partial charge in [-0.3, -0.25) is 9.59 Å². The first-order valence-corrected chi connectivity index (χ1v) is 4.42. The first-order chi connectivity index (χ1) is 7.61. The van der Waals surface area contributed by atoms with E-state index in [0.717, 1.165) is 0 Å². The lowest BCUT2D eigenvalue weighted by Crippen LogP contribution is -2.42. The number of hydrogen-bond donors (Lipinski definition) is 3. The summed E-state index contributed by atoms with van der Waals surface area (Å²) in [6.45, 7) is 0. The predicted molar refractivity (Wildman–Crippen MR) is 47.1 cm³/mol. The van der Waals surface area contributed by atoms with Gasteiger partial charge in [0.1, 0.15) is 6.04 Å². The van der Waals surface area contributed by atoms with Crippen molar-refractivity contribution in [3.05, 3.63) is 0 Å². The molecule has 0 rings (SSSR count). The summed E-state index contributed by atoms with van der Waals surface area (Å²) in [4.78, 5) is 31.6. The van der Waals surface area contributed by atoms with Crippen LogP contribution in [0.25, 0.3) is 0 Å². The molecular weight excluding hydrogens is 247 g/mol. The van der Waals surface area contributed by atoms with Crippen molar-refractivity contribution in [2.75, 3.05) is 0 Å². The van der Waals surface area contributed by atoms with E-state index in [1.54, 1.807) is 5.32 Å². The number of carbonyl (C=O) groups excluding carboxylic acids is 1. The van der Waals surface area contributed by atoms with Crippen molar-refractivity contribution in [1.29, 1.82) is 0 Å². The fourth-order valence-corrected chi connectivity index (χ4v) is 0.896. The van der Waals surface area contributed by atoms with E-state index >= 15 is 0 Å². The Kier molecular flexibility index (Phi) is 5.42. The molecule has 17 heavy (non-hydrogen) atoms. The zero-order valence-corrected chi connectivity index (χ0v) is 8.45. The Morgan fingerprint density at radius 1 is 1.18 bits per heavy atom. The average molecular weight is 257 g/mol. The molecule has 9 heteroatoms. The summed E-state index contributed by atoms with van der Waals surface area (Å²) in [6.07, 6.45) is -7.75. The number of carboxylic acid groups (broad SMARTS) is 2. The lowest BCUT2D eigenvalue weighted by molar-refractivity contribution is -0.149. The van der Waals surface area contributed by atoms with Gasteiger partial charge in [-0.1, -0.05) is 0 Å². The number of carboxylic acids is 2. The van der Waals surface area contributed by atoms with Gasteiger partial charge in [0.25, 0.3) is 0 Å². The van der Waals surface area contributed by atoms with Crippen LogP contribution in [0.2, 0.25) is 0 Å². The van der Waals surface area contributed by atoms with E-state index in [1.807, 2.05) is 0 Å². The van der Waals surface area contributed by atoms with Gasteiger partial charge < -0.3 is 15.5 Å². The summed E-state index contributed by atoms with van der Waals surface area (Å²) in [5.41, 5.74) is 0. The molecule has 0 aliphatic heterocycles. The van der Waals surface area contributed by atoms with E-state index in [4.69, 9.17) is 10.2 Å².